The Morgan fingerprint density at radius 3 is 2.43 bits per heavy atom. The first kappa shape index (κ1) is 15.2. The summed E-state index contributed by atoms with van der Waals surface area (Å²) in [5, 5.41) is 2.90. The Labute approximate surface area is 130 Å². The highest BCUT2D eigenvalue weighted by Crippen LogP contribution is 2.16. The highest BCUT2D eigenvalue weighted by Gasteiger charge is 2.10. The largest absolute Gasteiger partial charge is 0.393 e. The average molecular weight is 298 g/mol. The molecule has 0 aliphatic carbocycles. The van der Waals surface area contributed by atoms with Crippen molar-refractivity contribution in [2.75, 3.05) is 5.32 Å². The van der Waals surface area contributed by atoms with Crippen LogP contribution in [0.1, 0.15) is 27.0 Å². The molecular weight excluding hydrogens is 280 g/mol. The number of carbonyl (C=O) groups excluding carboxylic acids is 1. The van der Waals surface area contributed by atoms with Crippen LogP contribution in [0.25, 0.3) is 0 Å². The highest BCUT2D eigenvalue weighted by molar-refractivity contribution is 7.80. The van der Waals surface area contributed by atoms with Gasteiger partial charge in [-0.3, -0.25) is 4.79 Å². The second-order valence-electron chi connectivity index (χ2n) is 5.04. The van der Waals surface area contributed by atoms with Crippen LogP contribution in [0.5, 0.6) is 0 Å². The van der Waals surface area contributed by atoms with E-state index < -0.39 is 0 Å². The lowest BCUT2D eigenvalue weighted by molar-refractivity contribution is 0.102. The van der Waals surface area contributed by atoms with Crippen molar-refractivity contribution in [3.8, 4) is 0 Å². The quantitative estimate of drug-likeness (QED) is 0.851. The van der Waals surface area contributed by atoms with E-state index in [2.05, 4.69) is 5.32 Å². The molecule has 0 aliphatic rings. The Bertz CT molecular complexity index is 678. The van der Waals surface area contributed by atoms with Crippen LogP contribution in [0.15, 0.2) is 42.5 Å². The van der Waals surface area contributed by atoms with Crippen molar-refractivity contribution in [3.63, 3.8) is 0 Å². The molecule has 0 fully saturated rings. The maximum Gasteiger partial charge on any atom is 0.255 e. The SMILES string of the molecule is Cc1cccc(C(=O)Nc2ccc(CC(N)=S)cc2)c1C. The number of amides is 1. The molecule has 3 N–H and O–H groups in total. The molecule has 0 aromatic heterocycles. The zero-order valence-corrected chi connectivity index (χ0v) is 13.0. The molecule has 0 spiro atoms. The van der Waals surface area contributed by atoms with Crippen LogP contribution in [0.4, 0.5) is 5.69 Å². The van der Waals surface area contributed by atoms with E-state index in [1.54, 1.807) is 0 Å². The van der Waals surface area contributed by atoms with E-state index in [0.29, 0.717) is 17.0 Å². The van der Waals surface area contributed by atoms with Crippen molar-refractivity contribution in [2.24, 2.45) is 5.73 Å². The normalized spacial score (nSPS) is 10.2. The van der Waals surface area contributed by atoms with Crippen LogP contribution in [0.2, 0.25) is 0 Å². The van der Waals surface area contributed by atoms with Gasteiger partial charge in [-0.25, -0.2) is 0 Å². The van der Waals surface area contributed by atoms with Crippen LogP contribution in [0.3, 0.4) is 0 Å². The molecule has 0 aliphatic heterocycles. The molecule has 0 radical (unpaired) electrons. The third-order valence-corrected chi connectivity index (χ3v) is 3.58. The van der Waals surface area contributed by atoms with E-state index >= 15 is 0 Å². The van der Waals surface area contributed by atoms with Crippen LogP contribution >= 0.6 is 12.2 Å². The Hall–Kier alpha value is -2.20. The molecule has 108 valence electrons. The summed E-state index contributed by atoms with van der Waals surface area (Å²) >= 11 is 4.88. The lowest BCUT2D eigenvalue weighted by Crippen LogP contribution is -2.14. The summed E-state index contributed by atoms with van der Waals surface area (Å²) in [5.74, 6) is -0.0988. The summed E-state index contributed by atoms with van der Waals surface area (Å²) in [6.45, 7) is 3.95. The monoisotopic (exact) mass is 298 g/mol. The first-order valence-corrected chi connectivity index (χ1v) is 7.13. The lowest BCUT2D eigenvalue weighted by atomic mass is 10.0. The van der Waals surface area contributed by atoms with E-state index in [-0.39, 0.29) is 5.91 Å². The van der Waals surface area contributed by atoms with E-state index in [0.717, 1.165) is 22.4 Å². The Morgan fingerprint density at radius 2 is 1.81 bits per heavy atom. The maximum atomic E-state index is 12.3. The van der Waals surface area contributed by atoms with Crippen molar-refractivity contribution < 1.29 is 4.79 Å². The smallest absolute Gasteiger partial charge is 0.255 e. The van der Waals surface area contributed by atoms with Gasteiger partial charge in [0.25, 0.3) is 5.91 Å². The number of rotatable bonds is 4. The molecule has 2 aromatic carbocycles. The number of anilines is 1. The zero-order valence-electron chi connectivity index (χ0n) is 12.1. The number of nitrogens with one attached hydrogen (secondary N) is 1. The number of thiocarbonyl (C=S) groups is 1. The van der Waals surface area contributed by atoms with Gasteiger partial charge in [0.15, 0.2) is 0 Å². The van der Waals surface area contributed by atoms with Gasteiger partial charge in [0, 0.05) is 17.7 Å². The summed E-state index contributed by atoms with van der Waals surface area (Å²) < 4.78 is 0. The predicted molar refractivity (Wildman–Crippen MR) is 90.8 cm³/mol. The molecule has 0 saturated carbocycles. The summed E-state index contributed by atoms with van der Waals surface area (Å²) in [6.07, 6.45) is 0.570. The Morgan fingerprint density at radius 1 is 1.14 bits per heavy atom. The van der Waals surface area contributed by atoms with Crippen molar-refractivity contribution in [3.05, 3.63) is 64.7 Å². The number of nitrogens with two attached hydrogens (primary N) is 1. The molecule has 1 amide bonds. The fourth-order valence-electron chi connectivity index (χ4n) is 2.10. The molecule has 0 unspecified atom stereocenters. The Balaban J connectivity index is 2.12. The number of hydrogen-bond acceptors (Lipinski definition) is 2. The maximum absolute atomic E-state index is 12.3. The molecule has 0 bridgehead atoms. The minimum atomic E-state index is -0.0988. The van der Waals surface area contributed by atoms with Gasteiger partial charge < -0.3 is 11.1 Å². The van der Waals surface area contributed by atoms with Gasteiger partial charge in [0.2, 0.25) is 0 Å². The molecule has 0 heterocycles. The van der Waals surface area contributed by atoms with E-state index in [1.807, 2.05) is 56.3 Å². The van der Waals surface area contributed by atoms with Gasteiger partial charge >= 0.3 is 0 Å². The molecule has 2 rings (SSSR count). The summed E-state index contributed by atoms with van der Waals surface area (Å²) in [7, 11) is 0. The highest BCUT2D eigenvalue weighted by atomic mass is 32.1. The summed E-state index contributed by atoms with van der Waals surface area (Å²) in [5.41, 5.74) is 10.1. The molecule has 0 saturated heterocycles. The zero-order chi connectivity index (χ0) is 15.4. The third-order valence-electron chi connectivity index (χ3n) is 3.44. The van der Waals surface area contributed by atoms with Gasteiger partial charge in [0.05, 0.1) is 4.99 Å². The van der Waals surface area contributed by atoms with E-state index in [4.69, 9.17) is 18.0 Å². The van der Waals surface area contributed by atoms with Gasteiger partial charge in [-0.05, 0) is 48.7 Å². The molecule has 0 atom stereocenters. The van der Waals surface area contributed by atoms with Crippen molar-refractivity contribution in [2.45, 2.75) is 20.3 Å². The van der Waals surface area contributed by atoms with Crippen LogP contribution in [0, 0.1) is 13.8 Å². The Kier molecular flexibility index (Phi) is 4.70. The molecule has 4 heteroatoms. The van der Waals surface area contributed by atoms with Gasteiger partial charge in [-0.2, -0.15) is 0 Å². The fraction of sp³-hybridized carbons (Fsp3) is 0.176. The average Bonchev–Trinajstić information content (AvgIpc) is 2.43. The number of aryl methyl sites for hydroxylation is 1. The van der Waals surface area contributed by atoms with Crippen LogP contribution in [-0.4, -0.2) is 10.9 Å². The van der Waals surface area contributed by atoms with Gasteiger partial charge in [-0.1, -0.05) is 36.5 Å². The first-order valence-electron chi connectivity index (χ1n) is 6.72. The molecular formula is C17H18N2OS. The van der Waals surface area contributed by atoms with E-state index in [9.17, 15) is 4.79 Å². The topological polar surface area (TPSA) is 55.1 Å². The lowest BCUT2D eigenvalue weighted by Gasteiger charge is -2.10. The molecule has 3 nitrogen and oxygen atoms in total. The third kappa shape index (κ3) is 3.89. The molecule has 2 aromatic rings. The van der Waals surface area contributed by atoms with Gasteiger partial charge in [-0.15, -0.1) is 0 Å². The number of hydrogen-bond donors (Lipinski definition) is 2. The van der Waals surface area contributed by atoms with Crippen molar-refractivity contribution in [1.29, 1.82) is 0 Å². The first-order chi connectivity index (χ1) is 9.97. The van der Waals surface area contributed by atoms with Crippen molar-refractivity contribution in [1.82, 2.24) is 0 Å². The minimum absolute atomic E-state index is 0.0988. The van der Waals surface area contributed by atoms with Crippen molar-refractivity contribution >= 4 is 28.8 Å². The fourth-order valence-corrected chi connectivity index (χ4v) is 2.27. The number of carbonyl (C=O) groups is 1. The standard InChI is InChI=1S/C17H18N2OS/c1-11-4-3-5-15(12(11)2)17(20)19-14-8-6-13(7-9-14)10-16(18)21/h3-9H,10H2,1-2H3,(H2,18,21)(H,19,20). The minimum Gasteiger partial charge on any atom is -0.393 e. The van der Waals surface area contributed by atoms with Crippen LogP contribution < -0.4 is 11.1 Å². The number of benzene rings is 2. The van der Waals surface area contributed by atoms with Crippen LogP contribution in [-0.2, 0) is 6.42 Å². The predicted octanol–water partition coefficient (Wildman–Crippen LogP) is 3.38. The summed E-state index contributed by atoms with van der Waals surface area (Å²) in [6, 6.07) is 13.3. The second kappa shape index (κ2) is 6.50. The molecule has 21 heavy (non-hydrogen) atoms. The summed E-state index contributed by atoms with van der Waals surface area (Å²) in [4.78, 5) is 12.8. The second-order valence-corrected chi connectivity index (χ2v) is 5.57. The van der Waals surface area contributed by atoms with E-state index in [1.165, 1.54) is 0 Å². The van der Waals surface area contributed by atoms with Gasteiger partial charge in [0.1, 0.15) is 0 Å².